The standard InChI is InChI=1S/C45H27N3O/c1-2-10-28(11-3-1)33-22-23-37-36(26-33)27-39(41-38-16-8-9-17-40(38)49-42(37)41)45-47-43(34-20-18-29-12-4-6-14-31(29)24-34)46-44(48-45)35-21-19-30-13-5-7-15-32(30)25-35/h1-27H. The molecule has 0 unspecified atom stereocenters. The highest BCUT2D eigenvalue weighted by Gasteiger charge is 2.21. The van der Waals surface area contributed by atoms with Crippen LogP contribution in [0, 0.1) is 0 Å². The molecule has 0 aliphatic heterocycles. The Balaban J connectivity index is 1.27. The van der Waals surface area contributed by atoms with Gasteiger partial charge in [-0.05, 0) is 74.5 Å². The van der Waals surface area contributed by atoms with E-state index in [1.165, 1.54) is 10.8 Å². The molecule has 0 N–H and O–H groups in total. The van der Waals surface area contributed by atoms with Gasteiger partial charge in [-0.25, -0.2) is 15.0 Å². The minimum atomic E-state index is 0.602. The van der Waals surface area contributed by atoms with Crippen LogP contribution in [0.5, 0.6) is 0 Å². The summed E-state index contributed by atoms with van der Waals surface area (Å²) in [5.41, 5.74) is 6.73. The molecule has 0 saturated heterocycles. The lowest BCUT2D eigenvalue weighted by atomic mass is 9.96. The van der Waals surface area contributed by atoms with E-state index in [0.29, 0.717) is 17.5 Å². The van der Waals surface area contributed by atoms with Crippen LogP contribution in [-0.2, 0) is 0 Å². The van der Waals surface area contributed by atoms with Crippen molar-refractivity contribution in [1.82, 2.24) is 15.0 Å². The van der Waals surface area contributed by atoms with E-state index in [1.807, 2.05) is 18.2 Å². The van der Waals surface area contributed by atoms with E-state index < -0.39 is 0 Å². The Hall–Kier alpha value is -6.65. The lowest BCUT2D eigenvalue weighted by molar-refractivity contribution is 0.672. The molecule has 0 atom stereocenters. The molecule has 0 spiro atoms. The van der Waals surface area contributed by atoms with Gasteiger partial charge >= 0.3 is 0 Å². The third-order valence-corrected chi connectivity index (χ3v) is 9.46. The van der Waals surface area contributed by atoms with Crippen LogP contribution in [0.25, 0.3) is 99.5 Å². The van der Waals surface area contributed by atoms with Crippen molar-refractivity contribution in [2.45, 2.75) is 0 Å². The van der Waals surface area contributed by atoms with Gasteiger partial charge in [0.1, 0.15) is 11.2 Å². The summed E-state index contributed by atoms with van der Waals surface area (Å²) < 4.78 is 6.63. The molecular weight excluding hydrogens is 599 g/mol. The Morgan fingerprint density at radius 3 is 1.59 bits per heavy atom. The van der Waals surface area contributed by atoms with Gasteiger partial charge in [0.2, 0.25) is 0 Å². The fourth-order valence-electron chi connectivity index (χ4n) is 7.02. The van der Waals surface area contributed by atoms with Gasteiger partial charge < -0.3 is 4.42 Å². The Kier molecular flexibility index (Phi) is 6.15. The molecule has 0 aliphatic carbocycles. The minimum Gasteiger partial charge on any atom is -0.455 e. The van der Waals surface area contributed by atoms with Crippen LogP contribution in [0.1, 0.15) is 0 Å². The zero-order chi connectivity index (χ0) is 32.3. The highest BCUT2D eigenvalue weighted by Crippen LogP contribution is 2.42. The normalized spacial score (nSPS) is 11.7. The van der Waals surface area contributed by atoms with Crippen LogP contribution >= 0.6 is 0 Å². The first-order valence-corrected chi connectivity index (χ1v) is 16.4. The van der Waals surface area contributed by atoms with Crippen LogP contribution < -0.4 is 0 Å². The third kappa shape index (κ3) is 4.65. The molecule has 2 heterocycles. The van der Waals surface area contributed by atoms with Crippen LogP contribution in [-0.4, -0.2) is 15.0 Å². The van der Waals surface area contributed by atoms with E-state index in [-0.39, 0.29) is 0 Å². The van der Waals surface area contributed by atoms with E-state index >= 15 is 0 Å². The molecule has 0 aliphatic rings. The molecule has 4 nitrogen and oxygen atoms in total. The Labute approximate surface area is 282 Å². The molecule has 10 rings (SSSR count). The second kappa shape index (κ2) is 11.0. The Morgan fingerprint density at radius 1 is 0.347 bits per heavy atom. The summed E-state index contributed by atoms with van der Waals surface area (Å²) in [4.78, 5) is 15.6. The molecule has 0 saturated carbocycles. The van der Waals surface area contributed by atoms with Crippen molar-refractivity contribution in [3.05, 3.63) is 164 Å². The van der Waals surface area contributed by atoms with E-state index in [4.69, 9.17) is 19.4 Å². The molecule has 0 amide bonds. The van der Waals surface area contributed by atoms with Gasteiger partial charge in [-0.1, -0.05) is 127 Å². The lowest BCUT2D eigenvalue weighted by Gasteiger charge is -2.12. The molecule has 8 aromatic carbocycles. The summed E-state index contributed by atoms with van der Waals surface area (Å²) in [6, 6.07) is 57.0. The SMILES string of the molecule is c1ccc(-c2ccc3c(c2)cc(-c2nc(-c4ccc5ccccc5c4)nc(-c4ccc5ccccc5c4)n2)c2c4ccccc4oc32)cc1. The van der Waals surface area contributed by atoms with Gasteiger partial charge in [-0.3, -0.25) is 0 Å². The Bertz CT molecular complexity index is 2790. The van der Waals surface area contributed by atoms with E-state index in [1.54, 1.807) is 0 Å². The maximum Gasteiger partial charge on any atom is 0.164 e. The first kappa shape index (κ1) is 27.5. The number of furan rings is 1. The molecule has 49 heavy (non-hydrogen) atoms. The van der Waals surface area contributed by atoms with Crippen LogP contribution in [0.4, 0.5) is 0 Å². The molecule has 0 bridgehead atoms. The fraction of sp³-hybridized carbons (Fsp3) is 0. The van der Waals surface area contributed by atoms with Crippen molar-refractivity contribution >= 4 is 54.3 Å². The highest BCUT2D eigenvalue weighted by molar-refractivity contribution is 6.21. The van der Waals surface area contributed by atoms with Crippen molar-refractivity contribution in [1.29, 1.82) is 0 Å². The number of hydrogen-bond donors (Lipinski definition) is 0. The van der Waals surface area contributed by atoms with Gasteiger partial charge in [0.25, 0.3) is 0 Å². The van der Waals surface area contributed by atoms with Crippen LogP contribution in [0.15, 0.2) is 168 Å². The smallest absolute Gasteiger partial charge is 0.164 e. The third-order valence-electron chi connectivity index (χ3n) is 9.46. The maximum atomic E-state index is 6.63. The van der Waals surface area contributed by atoms with E-state index in [0.717, 1.165) is 71.3 Å². The lowest BCUT2D eigenvalue weighted by Crippen LogP contribution is -2.01. The summed E-state index contributed by atoms with van der Waals surface area (Å²) in [5, 5.41) is 8.75. The number of aromatic nitrogens is 3. The van der Waals surface area contributed by atoms with Gasteiger partial charge in [-0.2, -0.15) is 0 Å². The monoisotopic (exact) mass is 625 g/mol. The van der Waals surface area contributed by atoms with Gasteiger partial charge in [0, 0.05) is 32.8 Å². The molecule has 4 heteroatoms. The molecule has 0 radical (unpaired) electrons. The van der Waals surface area contributed by atoms with Crippen molar-refractivity contribution < 1.29 is 4.42 Å². The highest BCUT2D eigenvalue weighted by atomic mass is 16.3. The van der Waals surface area contributed by atoms with Crippen LogP contribution in [0.3, 0.4) is 0 Å². The number of hydrogen-bond acceptors (Lipinski definition) is 4. The zero-order valence-corrected chi connectivity index (χ0v) is 26.3. The summed E-state index contributed by atoms with van der Waals surface area (Å²) in [5.74, 6) is 1.85. The molecule has 0 fully saturated rings. The van der Waals surface area contributed by atoms with Gasteiger partial charge in [0.05, 0.1) is 0 Å². The topological polar surface area (TPSA) is 51.8 Å². The van der Waals surface area contributed by atoms with Crippen molar-refractivity contribution in [2.75, 3.05) is 0 Å². The first-order chi connectivity index (χ1) is 24.2. The maximum absolute atomic E-state index is 6.63. The second-order valence-corrected chi connectivity index (χ2v) is 12.5. The molecule has 228 valence electrons. The molecule has 10 aromatic rings. The summed E-state index contributed by atoms with van der Waals surface area (Å²) in [6.45, 7) is 0. The second-order valence-electron chi connectivity index (χ2n) is 12.5. The first-order valence-electron chi connectivity index (χ1n) is 16.4. The number of fused-ring (bicyclic) bond motifs is 7. The number of rotatable bonds is 4. The quantitative estimate of drug-likeness (QED) is 0.195. The average Bonchev–Trinajstić information content (AvgIpc) is 3.57. The summed E-state index contributed by atoms with van der Waals surface area (Å²) >= 11 is 0. The van der Waals surface area contributed by atoms with Crippen molar-refractivity contribution in [3.8, 4) is 45.3 Å². The Morgan fingerprint density at radius 2 is 0.898 bits per heavy atom. The number of para-hydroxylation sites is 1. The van der Waals surface area contributed by atoms with E-state index in [9.17, 15) is 0 Å². The van der Waals surface area contributed by atoms with Crippen LogP contribution in [0.2, 0.25) is 0 Å². The molecular formula is C45H27N3O. The fourth-order valence-corrected chi connectivity index (χ4v) is 7.02. The number of nitrogens with zero attached hydrogens (tertiary/aromatic N) is 3. The predicted octanol–water partition coefficient (Wildman–Crippen LogP) is 11.9. The average molecular weight is 626 g/mol. The van der Waals surface area contributed by atoms with Crippen molar-refractivity contribution in [3.63, 3.8) is 0 Å². The minimum absolute atomic E-state index is 0.602. The molecule has 2 aromatic heterocycles. The number of benzene rings is 8. The summed E-state index contributed by atoms with van der Waals surface area (Å²) in [7, 11) is 0. The van der Waals surface area contributed by atoms with Gasteiger partial charge in [0.15, 0.2) is 17.5 Å². The zero-order valence-electron chi connectivity index (χ0n) is 26.3. The van der Waals surface area contributed by atoms with Crippen molar-refractivity contribution in [2.24, 2.45) is 0 Å². The van der Waals surface area contributed by atoms with Gasteiger partial charge in [-0.15, -0.1) is 0 Å². The summed E-state index contributed by atoms with van der Waals surface area (Å²) in [6.07, 6.45) is 0. The van der Waals surface area contributed by atoms with E-state index in [2.05, 4.69) is 146 Å². The largest absolute Gasteiger partial charge is 0.455 e. The predicted molar refractivity (Wildman–Crippen MR) is 201 cm³/mol.